The van der Waals surface area contributed by atoms with Crippen molar-refractivity contribution in [1.29, 1.82) is 0 Å². The molecule has 0 N–H and O–H groups in total. The van der Waals surface area contributed by atoms with Crippen molar-refractivity contribution in [3.05, 3.63) is 63.6 Å². The van der Waals surface area contributed by atoms with Gasteiger partial charge in [-0.3, -0.25) is 19.3 Å². The zero-order chi connectivity index (χ0) is 24.4. The number of carbonyl (C=O) groups is 2. The van der Waals surface area contributed by atoms with E-state index in [1.165, 1.54) is 7.11 Å². The van der Waals surface area contributed by atoms with Crippen LogP contribution in [0.4, 0.5) is 0 Å². The quantitative estimate of drug-likeness (QED) is 0.631. The van der Waals surface area contributed by atoms with Crippen molar-refractivity contribution < 1.29 is 14.3 Å². The molecule has 1 saturated heterocycles. The SMILES string of the molecule is CC.COc1c2n(cc(C(=O)CCc3ccccc3)c1=O)C[C@H]1N(C)C[C@@H]3CCC[C@@H]3N1C2=O. The van der Waals surface area contributed by atoms with Crippen molar-refractivity contribution in [3.63, 3.8) is 0 Å². The molecule has 34 heavy (non-hydrogen) atoms. The zero-order valence-electron chi connectivity index (χ0n) is 20.6. The van der Waals surface area contributed by atoms with Crippen LogP contribution in [-0.2, 0) is 13.0 Å². The van der Waals surface area contributed by atoms with E-state index >= 15 is 0 Å². The van der Waals surface area contributed by atoms with Gasteiger partial charge in [0.05, 0.1) is 19.2 Å². The number of aryl methyl sites for hydroxylation is 1. The highest BCUT2D eigenvalue weighted by atomic mass is 16.5. The first kappa shape index (κ1) is 24.2. The first-order valence-electron chi connectivity index (χ1n) is 12.4. The Hall–Kier alpha value is -2.93. The number of benzene rings is 1. The maximum atomic E-state index is 13.6. The van der Waals surface area contributed by atoms with E-state index in [2.05, 4.69) is 11.9 Å². The fraction of sp³-hybridized carbons (Fsp3) is 0.519. The van der Waals surface area contributed by atoms with Crippen LogP contribution >= 0.6 is 0 Å². The highest BCUT2D eigenvalue weighted by Crippen LogP contribution is 2.40. The summed E-state index contributed by atoms with van der Waals surface area (Å²) < 4.78 is 7.21. The molecule has 3 heterocycles. The van der Waals surface area contributed by atoms with E-state index in [1.807, 2.05) is 49.1 Å². The molecule has 3 atom stereocenters. The molecule has 3 aliphatic rings. The van der Waals surface area contributed by atoms with Crippen LogP contribution in [0.15, 0.2) is 41.3 Å². The summed E-state index contributed by atoms with van der Waals surface area (Å²) in [6, 6.07) is 9.95. The van der Waals surface area contributed by atoms with Gasteiger partial charge >= 0.3 is 0 Å². The van der Waals surface area contributed by atoms with E-state index in [1.54, 1.807) is 10.8 Å². The Morgan fingerprint density at radius 3 is 2.53 bits per heavy atom. The number of ketones is 1. The van der Waals surface area contributed by atoms with Crippen LogP contribution < -0.4 is 10.2 Å². The van der Waals surface area contributed by atoms with Crippen LogP contribution in [0.5, 0.6) is 5.75 Å². The Balaban J connectivity index is 0.00000133. The lowest BCUT2D eigenvalue weighted by Gasteiger charge is -2.51. The summed E-state index contributed by atoms with van der Waals surface area (Å²) in [7, 11) is 3.45. The van der Waals surface area contributed by atoms with Crippen LogP contribution in [0.1, 0.15) is 65.9 Å². The molecular formula is C27H35N3O4. The van der Waals surface area contributed by atoms with E-state index in [4.69, 9.17) is 4.74 Å². The molecule has 0 spiro atoms. The second-order valence-corrected chi connectivity index (χ2v) is 9.21. The number of rotatable bonds is 5. The molecule has 0 unspecified atom stereocenters. The van der Waals surface area contributed by atoms with Gasteiger partial charge in [0.25, 0.3) is 5.91 Å². The smallest absolute Gasteiger partial charge is 0.276 e. The average Bonchev–Trinajstić information content (AvgIpc) is 3.32. The van der Waals surface area contributed by atoms with Crippen molar-refractivity contribution in [2.75, 3.05) is 20.7 Å². The summed E-state index contributed by atoms with van der Waals surface area (Å²) in [5, 5.41) is 0. The number of Topliss-reactive ketones (excluding diaryl/α,β-unsaturated/α-hetero) is 1. The van der Waals surface area contributed by atoms with Gasteiger partial charge in [-0.1, -0.05) is 50.6 Å². The molecule has 7 nitrogen and oxygen atoms in total. The Kier molecular flexibility index (Phi) is 7.22. The lowest BCUT2D eigenvalue weighted by Crippen LogP contribution is -2.65. The third kappa shape index (κ3) is 4.17. The van der Waals surface area contributed by atoms with Crippen LogP contribution in [0.25, 0.3) is 0 Å². The zero-order valence-corrected chi connectivity index (χ0v) is 20.6. The van der Waals surface area contributed by atoms with Gasteiger partial charge in [0.1, 0.15) is 6.17 Å². The summed E-state index contributed by atoms with van der Waals surface area (Å²) in [5.41, 5.74) is 0.929. The van der Waals surface area contributed by atoms with Crippen molar-refractivity contribution in [2.45, 2.75) is 64.7 Å². The first-order chi connectivity index (χ1) is 16.5. The summed E-state index contributed by atoms with van der Waals surface area (Å²) in [4.78, 5) is 44.0. The number of amides is 1. The minimum absolute atomic E-state index is 0.0122. The van der Waals surface area contributed by atoms with E-state index in [0.717, 1.165) is 31.4 Å². The Bertz CT molecular complexity index is 1110. The number of carbonyl (C=O) groups excluding carboxylic acids is 2. The monoisotopic (exact) mass is 465 g/mol. The molecule has 0 bridgehead atoms. The number of methoxy groups -OCH3 is 1. The second kappa shape index (κ2) is 10.1. The maximum absolute atomic E-state index is 13.6. The second-order valence-electron chi connectivity index (χ2n) is 9.21. The number of pyridine rings is 1. The van der Waals surface area contributed by atoms with Crippen LogP contribution in [-0.4, -0.2) is 59.0 Å². The molecule has 2 aliphatic heterocycles. The Morgan fingerprint density at radius 2 is 1.82 bits per heavy atom. The molecule has 2 fully saturated rings. The van der Waals surface area contributed by atoms with Crippen molar-refractivity contribution >= 4 is 11.7 Å². The minimum atomic E-state index is -0.489. The molecule has 1 aliphatic carbocycles. The molecule has 5 rings (SSSR count). The standard InChI is InChI=1S/C25H29N3O4.C2H6/c1-26-13-17-9-6-10-19(17)28-21(26)15-27-14-18(23(30)24(32-2)22(27)25(28)31)20(29)12-11-16-7-4-3-5-8-16;1-2/h3-5,7-8,14,17,19,21H,6,9-13,15H2,1-2H3;1-2H3/t17-,19-,21-;/m0./s1. The number of likely N-dealkylation sites (N-methyl/N-ethyl adjacent to an activating group) is 1. The number of aromatic nitrogens is 1. The van der Waals surface area contributed by atoms with Gasteiger partial charge < -0.3 is 14.2 Å². The third-order valence-corrected chi connectivity index (χ3v) is 7.35. The van der Waals surface area contributed by atoms with Gasteiger partial charge in [0.15, 0.2) is 17.2 Å². The molecule has 0 radical (unpaired) electrons. The fourth-order valence-electron chi connectivity index (χ4n) is 5.76. The number of ether oxygens (including phenoxy) is 1. The number of fused-ring (bicyclic) bond motifs is 4. The molecule has 1 aromatic heterocycles. The van der Waals surface area contributed by atoms with Crippen LogP contribution in [0.3, 0.4) is 0 Å². The van der Waals surface area contributed by atoms with E-state index in [-0.39, 0.29) is 47.3 Å². The summed E-state index contributed by atoms with van der Waals surface area (Å²) >= 11 is 0. The summed E-state index contributed by atoms with van der Waals surface area (Å²) in [6.07, 6.45) is 5.55. The topological polar surface area (TPSA) is 71.8 Å². The van der Waals surface area contributed by atoms with Gasteiger partial charge in [0, 0.05) is 25.2 Å². The number of hydrogen-bond acceptors (Lipinski definition) is 5. The van der Waals surface area contributed by atoms with Gasteiger partial charge in [-0.25, -0.2) is 0 Å². The third-order valence-electron chi connectivity index (χ3n) is 7.35. The molecule has 1 amide bonds. The lowest BCUT2D eigenvalue weighted by molar-refractivity contribution is -0.0424. The maximum Gasteiger partial charge on any atom is 0.276 e. The van der Waals surface area contributed by atoms with Gasteiger partial charge in [0.2, 0.25) is 5.43 Å². The molecule has 1 saturated carbocycles. The molecule has 2 aromatic rings. The molecule has 182 valence electrons. The molecule has 1 aromatic carbocycles. The Labute approximate surface area is 201 Å². The largest absolute Gasteiger partial charge is 0.491 e. The summed E-state index contributed by atoms with van der Waals surface area (Å²) in [6.45, 7) is 5.49. The van der Waals surface area contributed by atoms with E-state index in [9.17, 15) is 14.4 Å². The average molecular weight is 466 g/mol. The van der Waals surface area contributed by atoms with Crippen molar-refractivity contribution in [3.8, 4) is 5.75 Å². The predicted molar refractivity (Wildman–Crippen MR) is 131 cm³/mol. The Morgan fingerprint density at radius 1 is 1.09 bits per heavy atom. The fourth-order valence-corrected chi connectivity index (χ4v) is 5.76. The van der Waals surface area contributed by atoms with Gasteiger partial charge in [-0.2, -0.15) is 0 Å². The molecular weight excluding hydrogens is 430 g/mol. The highest BCUT2D eigenvalue weighted by molar-refractivity contribution is 6.00. The molecule has 7 heteroatoms. The normalized spacial score (nSPS) is 23.4. The first-order valence-corrected chi connectivity index (χ1v) is 12.4. The highest BCUT2D eigenvalue weighted by Gasteiger charge is 2.48. The number of hydrogen-bond donors (Lipinski definition) is 0. The van der Waals surface area contributed by atoms with E-state index < -0.39 is 5.43 Å². The van der Waals surface area contributed by atoms with Crippen LogP contribution in [0, 0.1) is 5.92 Å². The van der Waals surface area contributed by atoms with E-state index in [0.29, 0.717) is 18.9 Å². The van der Waals surface area contributed by atoms with Gasteiger partial charge in [-0.05, 0) is 37.8 Å². The van der Waals surface area contributed by atoms with Crippen molar-refractivity contribution in [1.82, 2.24) is 14.4 Å². The lowest BCUT2D eigenvalue weighted by atomic mass is 9.94. The van der Waals surface area contributed by atoms with Gasteiger partial charge in [-0.15, -0.1) is 0 Å². The number of nitrogens with zero attached hydrogens (tertiary/aromatic N) is 3. The van der Waals surface area contributed by atoms with Crippen molar-refractivity contribution in [2.24, 2.45) is 5.92 Å². The predicted octanol–water partition coefficient (Wildman–Crippen LogP) is 3.59. The summed E-state index contributed by atoms with van der Waals surface area (Å²) in [5.74, 6) is 0.0715. The minimum Gasteiger partial charge on any atom is -0.491 e. The van der Waals surface area contributed by atoms with Crippen LogP contribution in [0.2, 0.25) is 0 Å².